The van der Waals surface area contributed by atoms with Crippen molar-refractivity contribution in [3.05, 3.63) is 29.8 Å². The van der Waals surface area contributed by atoms with Gasteiger partial charge in [-0.2, -0.15) is 0 Å². The molecule has 150 valence electrons. The molecule has 27 heavy (non-hydrogen) atoms. The summed E-state index contributed by atoms with van der Waals surface area (Å²) in [7, 11) is 1.58. The van der Waals surface area contributed by atoms with Crippen molar-refractivity contribution in [3.63, 3.8) is 0 Å². The van der Waals surface area contributed by atoms with Crippen molar-refractivity contribution in [2.24, 2.45) is 23.5 Å². The molecule has 2 fully saturated rings. The van der Waals surface area contributed by atoms with Crippen LogP contribution in [0.3, 0.4) is 0 Å². The Hall–Kier alpha value is -1.73. The van der Waals surface area contributed by atoms with E-state index < -0.39 is 17.5 Å². The Morgan fingerprint density at radius 2 is 1.70 bits per heavy atom. The number of likely N-dealkylation sites (N-methyl/N-ethyl adjacent to an activating group) is 1. The first-order valence-corrected chi connectivity index (χ1v) is 9.10. The van der Waals surface area contributed by atoms with Gasteiger partial charge in [0.15, 0.2) is 0 Å². The van der Waals surface area contributed by atoms with Crippen molar-refractivity contribution < 1.29 is 18.4 Å². The van der Waals surface area contributed by atoms with Crippen molar-refractivity contribution in [2.45, 2.75) is 38.1 Å². The number of halogens is 3. The number of carbonyl (C=O) groups excluding carboxylic acids is 2. The summed E-state index contributed by atoms with van der Waals surface area (Å²) in [5.74, 6) is -1.42. The summed E-state index contributed by atoms with van der Waals surface area (Å²) in [4.78, 5) is 26.2. The van der Waals surface area contributed by atoms with Gasteiger partial charge in [-0.15, -0.1) is 12.4 Å². The van der Waals surface area contributed by atoms with Crippen molar-refractivity contribution >= 4 is 29.9 Å². The van der Waals surface area contributed by atoms with E-state index in [-0.39, 0.29) is 42.5 Å². The Balaban J connectivity index is 0.00000261. The number of nitrogens with one attached hydrogen (secondary N) is 1. The number of hydrogen-bond donors (Lipinski definition) is 2. The van der Waals surface area contributed by atoms with Crippen LogP contribution in [0.5, 0.6) is 0 Å². The van der Waals surface area contributed by atoms with Gasteiger partial charge >= 0.3 is 0 Å². The van der Waals surface area contributed by atoms with E-state index >= 15 is 0 Å². The molecule has 2 unspecified atom stereocenters. The van der Waals surface area contributed by atoms with Gasteiger partial charge in [0.05, 0.1) is 6.54 Å². The summed E-state index contributed by atoms with van der Waals surface area (Å²) in [5.41, 5.74) is 6.30. The normalized spacial score (nSPS) is 26.7. The second-order valence-corrected chi connectivity index (χ2v) is 7.60. The lowest BCUT2D eigenvalue weighted by molar-refractivity contribution is -0.139. The van der Waals surface area contributed by atoms with E-state index in [1.165, 1.54) is 11.3 Å². The molecule has 8 heteroatoms. The molecule has 3 N–H and O–H groups in total. The Morgan fingerprint density at radius 3 is 2.26 bits per heavy atom. The van der Waals surface area contributed by atoms with Crippen LogP contribution < -0.4 is 11.1 Å². The van der Waals surface area contributed by atoms with Crippen LogP contribution in [0.25, 0.3) is 0 Å². The van der Waals surface area contributed by atoms with Crippen molar-refractivity contribution in [2.75, 3.05) is 18.9 Å². The SMILES string of the molecule is CN(CC(=O)Nc1cc(F)cc(F)c1)C(=O)C1CC2CCCC(C1)C2N.Cl. The van der Waals surface area contributed by atoms with Gasteiger partial charge in [-0.3, -0.25) is 9.59 Å². The maximum absolute atomic E-state index is 13.2. The minimum atomic E-state index is -0.769. The Kier molecular flexibility index (Phi) is 7.17. The highest BCUT2D eigenvalue weighted by Crippen LogP contribution is 2.42. The molecular formula is C19H26ClF2N3O2. The number of hydrogen-bond acceptors (Lipinski definition) is 3. The van der Waals surface area contributed by atoms with E-state index in [0.29, 0.717) is 11.8 Å². The summed E-state index contributed by atoms with van der Waals surface area (Å²) in [5, 5.41) is 2.43. The third-order valence-electron chi connectivity index (χ3n) is 5.67. The third-order valence-corrected chi connectivity index (χ3v) is 5.67. The Morgan fingerprint density at radius 1 is 1.15 bits per heavy atom. The van der Waals surface area contributed by atoms with Crippen LogP contribution in [-0.4, -0.2) is 36.3 Å². The quantitative estimate of drug-likeness (QED) is 0.814. The highest BCUT2D eigenvalue weighted by atomic mass is 35.5. The minimum absolute atomic E-state index is 0. The second-order valence-electron chi connectivity index (χ2n) is 7.60. The predicted molar refractivity (Wildman–Crippen MR) is 101 cm³/mol. The topological polar surface area (TPSA) is 75.4 Å². The van der Waals surface area contributed by atoms with Gasteiger partial charge in [0, 0.05) is 30.8 Å². The third kappa shape index (κ3) is 5.17. The van der Waals surface area contributed by atoms with Gasteiger partial charge in [-0.05, 0) is 49.7 Å². The molecule has 3 rings (SSSR count). The van der Waals surface area contributed by atoms with E-state index in [0.717, 1.165) is 43.9 Å². The molecule has 2 bridgehead atoms. The van der Waals surface area contributed by atoms with Gasteiger partial charge in [0.2, 0.25) is 11.8 Å². The molecule has 2 atom stereocenters. The van der Waals surface area contributed by atoms with E-state index in [2.05, 4.69) is 5.32 Å². The maximum Gasteiger partial charge on any atom is 0.243 e. The van der Waals surface area contributed by atoms with Crippen LogP contribution in [0.1, 0.15) is 32.1 Å². The number of nitrogens with zero attached hydrogens (tertiary/aromatic N) is 1. The van der Waals surface area contributed by atoms with Gasteiger partial charge in [-0.25, -0.2) is 8.78 Å². The smallest absolute Gasteiger partial charge is 0.243 e. The van der Waals surface area contributed by atoms with Crippen molar-refractivity contribution in [1.29, 1.82) is 0 Å². The average molecular weight is 402 g/mol. The van der Waals surface area contributed by atoms with Crippen molar-refractivity contribution in [1.82, 2.24) is 4.90 Å². The second kappa shape index (κ2) is 8.97. The predicted octanol–water partition coefficient (Wildman–Crippen LogP) is 2.94. The first kappa shape index (κ1) is 21.6. The molecule has 0 aromatic heterocycles. The molecule has 5 nitrogen and oxygen atoms in total. The van der Waals surface area contributed by atoms with Crippen LogP contribution in [-0.2, 0) is 9.59 Å². The molecular weight excluding hydrogens is 376 g/mol. The number of carbonyl (C=O) groups is 2. The molecule has 1 aromatic carbocycles. The number of amides is 2. The minimum Gasteiger partial charge on any atom is -0.336 e. The van der Waals surface area contributed by atoms with E-state index in [1.54, 1.807) is 7.05 Å². The van der Waals surface area contributed by atoms with Gasteiger partial charge < -0.3 is 16.0 Å². The maximum atomic E-state index is 13.2. The molecule has 2 saturated carbocycles. The van der Waals surface area contributed by atoms with E-state index in [1.807, 2.05) is 0 Å². The molecule has 0 spiro atoms. The average Bonchev–Trinajstić information content (AvgIpc) is 2.52. The monoisotopic (exact) mass is 401 g/mol. The fourth-order valence-corrected chi connectivity index (χ4v) is 4.42. The van der Waals surface area contributed by atoms with Crippen LogP contribution in [0.15, 0.2) is 18.2 Å². The standard InChI is InChI=1S/C19H25F2N3O2.ClH/c1-24(10-17(25)23-16-8-14(20)7-15(21)9-16)19(26)13-5-11-3-2-4-12(6-13)18(11)22;/h7-9,11-13,18H,2-6,10,22H2,1H3,(H,23,25);1H. The largest absolute Gasteiger partial charge is 0.336 e. The van der Waals surface area contributed by atoms with Crippen molar-refractivity contribution in [3.8, 4) is 0 Å². The lowest BCUT2D eigenvalue weighted by Gasteiger charge is -2.44. The number of benzene rings is 1. The molecule has 0 saturated heterocycles. The number of nitrogens with two attached hydrogens (primary N) is 1. The van der Waals surface area contributed by atoms with Crippen LogP contribution in [0.4, 0.5) is 14.5 Å². The zero-order valence-corrected chi connectivity index (χ0v) is 16.1. The summed E-state index contributed by atoms with van der Waals surface area (Å²) in [6.45, 7) is -0.158. The Labute approximate surface area is 164 Å². The number of fused-ring (bicyclic) bond motifs is 2. The molecule has 2 aliphatic rings. The molecule has 0 radical (unpaired) electrons. The molecule has 0 heterocycles. The molecule has 0 aliphatic heterocycles. The van der Waals surface area contributed by atoms with Gasteiger partial charge in [-0.1, -0.05) is 6.42 Å². The van der Waals surface area contributed by atoms with Gasteiger partial charge in [0.25, 0.3) is 0 Å². The lowest BCUT2D eigenvalue weighted by Crippen LogP contribution is -2.49. The number of rotatable bonds is 4. The van der Waals surface area contributed by atoms with Crippen LogP contribution in [0, 0.1) is 29.4 Å². The fourth-order valence-electron chi connectivity index (χ4n) is 4.42. The molecule has 2 amide bonds. The first-order valence-electron chi connectivity index (χ1n) is 9.10. The summed E-state index contributed by atoms with van der Waals surface area (Å²) >= 11 is 0. The summed E-state index contributed by atoms with van der Waals surface area (Å²) in [6, 6.07) is 2.99. The van der Waals surface area contributed by atoms with Crippen LogP contribution in [0.2, 0.25) is 0 Å². The molecule has 1 aromatic rings. The van der Waals surface area contributed by atoms with E-state index in [4.69, 9.17) is 5.73 Å². The van der Waals surface area contributed by atoms with Crippen LogP contribution >= 0.6 is 12.4 Å². The molecule has 2 aliphatic carbocycles. The highest BCUT2D eigenvalue weighted by molar-refractivity contribution is 5.94. The van der Waals surface area contributed by atoms with E-state index in [9.17, 15) is 18.4 Å². The summed E-state index contributed by atoms with van der Waals surface area (Å²) < 4.78 is 26.4. The first-order chi connectivity index (χ1) is 12.3. The Bertz CT molecular complexity index is 669. The zero-order chi connectivity index (χ0) is 18.8. The lowest BCUT2D eigenvalue weighted by atomic mass is 9.65. The highest BCUT2D eigenvalue weighted by Gasteiger charge is 2.41. The summed E-state index contributed by atoms with van der Waals surface area (Å²) in [6.07, 6.45) is 4.86. The fraction of sp³-hybridized carbons (Fsp3) is 0.579. The van der Waals surface area contributed by atoms with Gasteiger partial charge in [0.1, 0.15) is 11.6 Å². The zero-order valence-electron chi connectivity index (χ0n) is 15.3. The number of anilines is 1.